The highest BCUT2D eigenvalue weighted by Crippen LogP contribution is 2.33. The molecule has 1 amide bonds. The van der Waals surface area contributed by atoms with Crippen molar-refractivity contribution in [3.8, 4) is 11.5 Å². The molecule has 0 saturated heterocycles. The van der Waals surface area contributed by atoms with Crippen molar-refractivity contribution in [1.82, 2.24) is 10.3 Å². The normalized spacial score (nSPS) is 12.8. The number of rotatable bonds is 16. The third-order valence-electron chi connectivity index (χ3n) is 7.70. The van der Waals surface area contributed by atoms with E-state index >= 15 is 0 Å². The van der Waals surface area contributed by atoms with Crippen molar-refractivity contribution in [2.24, 2.45) is 5.92 Å². The molecule has 6 nitrogen and oxygen atoms in total. The van der Waals surface area contributed by atoms with Crippen molar-refractivity contribution in [2.45, 2.75) is 91.0 Å². The van der Waals surface area contributed by atoms with E-state index in [2.05, 4.69) is 48.7 Å². The molecule has 0 radical (unpaired) electrons. The van der Waals surface area contributed by atoms with Crippen LogP contribution in [0.1, 0.15) is 88.5 Å². The molecular formula is C34H47N3O3. The molecule has 40 heavy (non-hydrogen) atoms. The first-order valence-corrected chi connectivity index (χ1v) is 15.3. The Hall–Kier alpha value is -3.28. The van der Waals surface area contributed by atoms with Gasteiger partial charge in [0.2, 0.25) is 5.91 Å². The van der Waals surface area contributed by atoms with E-state index in [1.54, 1.807) is 7.11 Å². The highest BCUT2D eigenvalue weighted by Gasteiger charge is 2.18. The van der Waals surface area contributed by atoms with Gasteiger partial charge in [-0.05, 0) is 73.8 Å². The number of unbranched alkanes of at least 4 members (excludes halogenated alkanes) is 3. The first-order valence-electron chi connectivity index (χ1n) is 15.3. The number of fused-ring (bicyclic) bond motifs is 2. The van der Waals surface area contributed by atoms with E-state index in [0.29, 0.717) is 25.3 Å². The Balaban J connectivity index is 1.21. The van der Waals surface area contributed by atoms with E-state index in [1.807, 2.05) is 18.2 Å². The number of pyridine rings is 1. The van der Waals surface area contributed by atoms with Crippen molar-refractivity contribution in [3.05, 3.63) is 59.3 Å². The molecule has 1 aliphatic rings. The van der Waals surface area contributed by atoms with Crippen LogP contribution in [0.25, 0.3) is 10.9 Å². The number of benzene rings is 2. The highest BCUT2D eigenvalue weighted by atomic mass is 16.5. The zero-order chi connectivity index (χ0) is 28.2. The number of methoxy groups -OCH3 is 1. The van der Waals surface area contributed by atoms with Crippen molar-refractivity contribution >= 4 is 22.5 Å². The fourth-order valence-corrected chi connectivity index (χ4v) is 5.46. The van der Waals surface area contributed by atoms with Crippen LogP contribution in [-0.4, -0.2) is 31.2 Å². The molecule has 0 atom stereocenters. The Kier molecular flexibility index (Phi) is 11.5. The summed E-state index contributed by atoms with van der Waals surface area (Å²) < 4.78 is 11.7. The minimum atomic E-state index is 0.110. The Morgan fingerprint density at radius 2 is 1.80 bits per heavy atom. The minimum Gasteiger partial charge on any atom is -0.493 e. The lowest BCUT2D eigenvalue weighted by atomic mass is 9.92. The van der Waals surface area contributed by atoms with Crippen LogP contribution in [0.15, 0.2) is 42.5 Å². The average molecular weight is 546 g/mol. The number of amides is 1. The van der Waals surface area contributed by atoms with E-state index in [4.69, 9.17) is 14.5 Å². The smallest absolute Gasteiger partial charge is 0.220 e. The number of carbonyl (C=O) groups excluding carboxylic acids is 1. The van der Waals surface area contributed by atoms with E-state index in [9.17, 15) is 4.79 Å². The van der Waals surface area contributed by atoms with Gasteiger partial charge in [0.1, 0.15) is 0 Å². The predicted octanol–water partition coefficient (Wildman–Crippen LogP) is 7.62. The van der Waals surface area contributed by atoms with Crippen LogP contribution >= 0.6 is 0 Å². The lowest BCUT2D eigenvalue weighted by Gasteiger charge is -2.21. The van der Waals surface area contributed by atoms with Crippen molar-refractivity contribution in [2.75, 3.05) is 25.6 Å². The largest absolute Gasteiger partial charge is 0.493 e. The van der Waals surface area contributed by atoms with E-state index in [0.717, 1.165) is 61.4 Å². The fourth-order valence-electron chi connectivity index (χ4n) is 5.46. The average Bonchev–Trinajstić information content (AvgIpc) is 2.97. The summed E-state index contributed by atoms with van der Waals surface area (Å²) in [5, 5.41) is 7.95. The van der Waals surface area contributed by atoms with Crippen LogP contribution in [0, 0.1) is 5.92 Å². The van der Waals surface area contributed by atoms with Crippen LogP contribution in [-0.2, 0) is 24.2 Å². The maximum Gasteiger partial charge on any atom is 0.220 e. The summed E-state index contributed by atoms with van der Waals surface area (Å²) in [6, 6.07) is 14.3. The van der Waals surface area contributed by atoms with Crippen LogP contribution in [0.3, 0.4) is 0 Å². The summed E-state index contributed by atoms with van der Waals surface area (Å²) in [6.45, 7) is 6.43. The summed E-state index contributed by atoms with van der Waals surface area (Å²) >= 11 is 0. The molecule has 0 aliphatic heterocycles. The second-order valence-electron chi connectivity index (χ2n) is 11.4. The van der Waals surface area contributed by atoms with Crippen LogP contribution in [0.4, 0.5) is 5.69 Å². The van der Waals surface area contributed by atoms with Gasteiger partial charge in [0.25, 0.3) is 0 Å². The summed E-state index contributed by atoms with van der Waals surface area (Å²) in [5.74, 6) is 2.29. The molecule has 0 bridgehead atoms. The summed E-state index contributed by atoms with van der Waals surface area (Å²) in [4.78, 5) is 17.2. The molecule has 4 rings (SSSR count). The molecule has 3 aromatic rings. The second kappa shape index (κ2) is 15.5. The van der Waals surface area contributed by atoms with Gasteiger partial charge in [-0.15, -0.1) is 0 Å². The molecule has 1 aromatic heterocycles. The van der Waals surface area contributed by atoms with Gasteiger partial charge in [0.05, 0.1) is 19.2 Å². The van der Waals surface area contributed by atoms with Crippen molar-refractivity contribution in [3.63, 3.8) is 0 Å². The Labute approximate surface area is 240 Å². The van der Waals surface area contributed by atoms with Gasteiger partial charge in [-0.2, -0.15) is 0 Å². The quantitative estimate of drug-likeness (QED) is 0.181. The molecule has 1 aliphatic carbocycles. The number of aryl methyl sites for hydroxylation is 1. The predicted molar refractivity (Wildman–Crippen MR) is 164 cm³/mol. The van der Waals surface area contributed by atoms with Gasteiger partial charge in [-0.1, -0.05) is 63.8 Å². The Bertz CT molecular complexity index is 1240. The second-order valence-corrected chi connectivity index (χ2v) is 11.4. The molecule has 2 aromatic carbocycles. The summed E-state index contributed by atoms with van der Waals surface area (Å²) in [6.07, 6.45) is 11.9. The van der Waals surface area contributed by atoms with Gasteiger partial charge in [0, 0.05) is 36.3 Å². The third-order valence-corrected chi connectivity index (χ3v) is 7.70. The van der Waals surface area contributed by atoms with Crippen LogP contribution in [0.2, 0.25) is 0 Å². The molecule has 0 fully saturated rings. The molecule has 2 N–H and O–H groups in total. The number of aromatic nitrogens is 1. The number of hydrogen-bond donors (Lipinski definition) is 2. The van der Waals surface area contributed by atoms with Gasteiger partial charge in [-0.25, -0.2) is 0 Å². The van der Waals surface area contributed by atoms with Gasteiger partial charge < -0.3 is 20.1 Å². The molecule has 216 valence electrons. The van der Waals surface area contributed by atoms with Crippen molar-refractivity contribution in [1.29, 1.82) is 0 Å². The lowest BCUT2D eigenvalue weighted by molar-refractivity contribution is -0.121. The Morgan fingerprint density at radius 3 is 2.65 bits per heavy atom. The number of nitrogens with one attached hydrogen (secondary N) is 2. The number of ether oxygens (including phenoxy) is 2. The van der Waals surface area contributed by atoms with E-state index in [-0.39, 0.29) is 5.91 Å². The molecular weight excluding hydrogens is 498 g/mol. The molecule has 0 unspecified atom stereocenters. The van der Waals surface area contributed by atoms with Crippen molar-refractivity contribution < 1.29 is 14.3 Å². The van der Waals surface area contributed by atoms with Gasteiger partial charge >= 0.3 is 0 Å². The van der Waals surface area contributed by atoms with Crippen LogP contribution < -0.4 is 20.1 Å². The molecule has 6 heteroatoms. The van der Waals surface area contributed by atoms with Gasteiger partial charge in [-0.3, -0.25) is 9.78 Å². The fraction of sp³-hybridized carbons (Fsp3) is 0.529. The topological polar surface area (TPSA) is 72.5 Å². The van der Waals surface area contributed by atoms with E-state index in [1.165, 1.54) is 54.4 Å². The van der Waals surface area contributed by atoms with Crippen LogP contribution in [0.5, 0.6) is 11.5 Å². The molecule has 0 spiro atoms. The third kappa shape index (κ3) is 8.61. The number of nitrogens with zero attached hydrogens (tertiary/aromatic N) is 1. The number of carbonyl (C=O) groups is 1. The van der Waals surface area contributed by atoms with Gasteiger partial charge in [0.15, 0.2) is 11.5 Å². The molecule has 0 saturated carbocycles. The Morgan fingerprint density at radius 1 is 0.975 bits per heavy atom. The SMILES string of the molecule is COc1cc(CNC(=O)CCCCCCC(C)C)ccc1OCCCNc1c2c(nc3ccccc13)CCCC2. The standard InChI is InChI=1S/C34H47N3O3/c1-25(2)13-6-4-5-7-18-33(38)36-24-26-19-20-31(32(23-26)39-3)40-22-12-21-35-34-27-14-8-10-16-29(27)37-30-17-11-9-15-28(30)34/h8,10,14,16,19-20,23,25H,4-7,9,11-13,15,17-18,21-22,24H2,1-3H3,(H,35,37)(H,36,38). The zero-order valence-corrected chi connectivity index (χ0v) is 24.7. The van der Waals surface area contributed by atoms with E-state index < -0.39 is 0 Å². The first-order chi connectivity index (χ1) is 19.5. The zero-order valence-electron chi connectivity index (χ0n) is 24.7. The summed E-state index contributed by atoms with van der Waals surface area (Å²) in [7, 11) is 1.66. The first kappa shape index (κ1) is 29.7. The highest BCUT2D eigenvalue weighted by molar-refractivity contribution is 5.93. The molecule has 1 heterocycles. The number of hydrogen-bond acceptors (Lipinski definition) is 5. The summed E-state index contributed by atoms with van der Waals surface area (Å²) in [5.41, 5.74) is 5.96. The monoisotopic (exact) mass is 545 g/mol. The maximum atomic E-state index is 12.3. The number of anilines is 1. The lowest BCUT2D eigenvalue weighted by Crippen LogP contribution is -2.22. The number of para-hydroxylation sites is 1. The minimum absolute atomic E-state index is 0.110. The maximum absolute atomic E-state index is 12.3.